The lowest BCUT2D eigenvalue weighted by molar-refractivity contribution is 0.122. The molecule has 0 amide bonds. The maximum atomic E-state index is 10.8. The number of benzene rings is 1. The van der Waals surface area contributed by atoms with Gasteiger partial charge < -0.3 is 5.11 Å². The molecular formula is C16H20N2O. The van der Waals surface area contributed by atoms with Crippen LogP contribution in [0, 0.1) is 0 Å². The van der Waals surface area contributed by atoms with Crippen LogP contribution < -0.4 is 0 Å². The van der Waals surface area contributed by atoms with E-state index in [0.717, 1.165) is 31.5 Å². The van der Waals surface area contributed by atoms with Crippen molar-refractivity contribution in [1.29, 1.82) is 0 Å². The largest absolute Gasteiger partial charge is 0.386 e. The van der Waals surface area contributed by atoms with E-state index in [9.17, 15) is 5.11 Å². The van der Waals surface area contributed by atoms with Crippen LogP contribution in [0.5, 0.6) is 0 Å². The van der Waals surface area contributed by atoms with E-state index in [4.69, 9.17) is 0 Å². The zero-order chi connectivity index (χ0) is 13.3. The summed E-state index contributed by atoms with van der Waals surface area (Å²) in [4.78, 5) is 0. The van der Waals surface area contributed by atoms with E-state index < -0.39 is 6.10 Å². The summed E-state index contributed by atoms with van der Waals surface area (Å²) in [5.74, 6) is 0. The fourth-order valence-electron chi connectivity index (χ4n) is 2.88. The van der Waals surface area contributed by atoms with Gasteiger partial charge in [-0.25, -0.2) is 0 Å². The van der Waals surface area contributed by atoms with Gasteiger partial charge in [0.15, 0.2) is 0 Å². The smallest absolute Gasteiger partial charge is 0.105 e. The SMILES string of the molecule is CCCn1nccc1C(O)C1(c2ccccc2)CC1. The minimum Gasteiger partial charge on any atom is -0.386 e. The van der Waals surface area contributed by atoms with Gasteiger partial charge >= 0.3 is 0 Å². The molecule has 1 heterocycles. The van der Waals surface area contributed by atoms with Gasteiger partial charge in [-0.3, -0.25) is 4.68 Å². The summed E-state index contributed by atoms with van der Waals surface area (Å²) in [5.41, 5.74) is 2.10. The number of rotatable bonds is 5. The monoisotopic (exact) mass is 256 g/mol. The Kier molecular flexibility index (Phi) is 3.15. The lowest BCUT2D eigenvalue weighted by Gasteiger charge is -2.23. The number of aromatic nitrogens is 2. The minimum atomic E-state index is -0.455. The van der Waals surface area contributed by atoms with Gasteiger partial charge in [0.2, 0.25) is 0 Å². The molecule has 1 atom stereocenters. The predicted octanol–water partition coefficient (Wildman–Crippen LogP) is 3.06. The van der Waals surface area contributed by atoms with Crippen molar-refractivity contribution in [2.24, 2.45) is 0 Å². The molecule has 1 saturated carbocycles. The van der Waals surface area contributed by atoms with E-state index in [1.807, 2.05) is 28.9 Å². The first-order valence-corrected chi connectivity index (χ1v) is 7.03. The number of nitrogens with zero attached hydrogens (tertiary/aromatic N) is 2. The molecule has 1 aliphatic rings. The molecular weight excluding hydrogens is 236 g/mol. The standard InChI is InChI=1S/C16H20N2O/c1-2-12-18-14(8-11-17-18)15(19)16(9-10-16)13-6-4-3-5-7-13/h3-8,11,15,19H,2,9-10,12H2,1H3. The molecule has 3 heteroatoms. The second kappa shape index (κ2) is 4.82. The lowest BCUT2D eigenvalue weighted by atomic mass is 9.88. The number of aliphatic hydroxyl groups is 1. The number of aliphatic hydroxyl groups excluding tert-OH is 1. The molecule has 0 radical (unpaired) electrons. The van der Waals surface area contributed by atoms with E-state index >= 15 is 0 Å². The molecule has 19 heavy (non-hydrogen) atoms. The molecule has 2 aromatic rings. The quantitative estimate of drug-likeness (QED) is 0.892. The van der Waals surface area contributed by atoms with Crippen LogP contribution >= 0.6 is 0 Å². The first-order chi connectivity index (χ1) is 9.28. The van der Waals surface area contributed by atoms with Crippen molar-refractivity contribution in [3.05, 3.63) is 53.9 Å². The Morgan fingerprint density at radius 2 is 2.00 bits per heavy atom. The summed E-state index contributed by atoms with van der Waals surface area (Å²) in [7, 11) is 0. The summed E-state index contributed by atoms with van der Waals surface area (Å²) in [6, 6.07) is 12.3. The molecule has 1 unspecified atom stereocenters. The van der Waals surface area contributed by atoms with Crippen molar-refractivity contribution >= 4 is 0 Å². The highest BCUT2D eigenvalue weighted by Crippen LogP contribution is 2.56. The van der Waals surface area contributed by atoms with Crippen LogP contribution in [-0.4, -0.2) is 14.9 Å². The fourth-order valence-corrected chi connectivity index (χ4v) is 2.88. The van der Waals surface area contributed by atoms with E-state index in [2.05, 4.69) is 24.2 Å². The van der Waals surface area contributed by atoms with Gasteiger partial charge in [0, 0.05) is 18.2 Å². The molecule has 1 N–H and O–H groups in total. The molecule has 3 rings (SSSR count). The summed E-state index contributed by atoms with van der Waals surface area (Å²) in [5, 5.41) is 15.1. The first-order valence-electron chi connectivity index (χ1n) is 7.03. The topological polar surface area (TPSA) is 38.0 Å². The average molecular weight is 256 g/mol. The van der Waals surface area contributed by atoms with E-state index in [1.165, 1.54) is 5.56 Å². The van der Waals surface area contributed by atoms with Crippen molar-refractivity contribution < 1.29 is 5.11 Å². The molecule has 1 aliphatic carbocycles. The molecule has 0 spiro atoms. The van der Waals surface area contributed by atoms with Crippen LogP contribution in [-0.2, 0) is 12.0 Å². The van der Waals surface area contributed by atoms with E-state index in [0.29, 0.717) is 0 Å². The number of aryl methyl sites for hydroxylation is 1. The number of hydrogen-bond donors (Lipinski definition) is 1. The highest BCUT2D eigenvalue weighted by Gasteiger charge is 2.51. The Balaban J connectivity index is 1.91. The second-order valence-corrected chi connectivity index (χ2v) is 5.40. The maximum Gasteiger partial charge on any atom is 0.105 e. The molecule has 100 valence electrons. The molecule has 1 fully saturated rings. The van der Waals surface area contributed by atoms with Crippen LogP contribution in [0.1, 0.15) is 43.5 Å². The third kappa shape index (κ3) is 2.08. The van der Waals surface area contributed by atoms with Crippen molar-refractivity contribution in [3.8, 4) is 0 Å². The summed E-state index contributed by atoms with van der Waals surface area (Å²) >= 11 is 0. The molecule has 1 aromatic carbocycles. The molecule has 0 aliphatic heterocycles. The maximum absolute atomic E-state index is 10.8. The molecule has 1 aromatic heterocycles. The van der Waals surface area contributed by atoms with Gasteiger partial charge in [-0.15, -0.1) is 0 Å². The Labute approximate surface area is 113 Å². The summed E-state index contributed by atoms with van der Waals surface area (Å²) in [6.07, 6.45) is 4.46. The number of hydrogen-bond acceptors (Lipinski definition) is 2. The van der Waals surface area contributed by atoms with E-state index in [-0.39, 0.29) is 5.41 Å². The fraction of sp³-hybridized carbons (Fsp3) is 0.438. The Bertz CT molecular complexity index is 543. The van der Waals surface area contributed by atoms with Gasteiger partial charge in [-0.05, 0) is 30.9 Å². The molecule has 3 nitrogen and oxygen atoms in total. The average Bonchev–Trinajstić information content (AvgIpc) is 3.14. The van der Waals surface area contributed by atoms with Crippen LogP contribution in [0.4, 0.5) is 0 Å². The highest BCUT2D eigenvalue weighted by atomic mass is 16.3. The third-order valence-electron chi connectivity index (χ3n) is 4.13. The van der Waals surface area contributed by atoms with E-state index in [1.54, 1.807) is 6.20 Å². The predicted molar refractivity (Wildman–Crippen MR) is 74.8 cm³/mol. The zero-order valence-corrected chi connectivity index (χ0v) is 11.3. The van der Waals surface area contributed by atoms with Crippen molar-refractivity contribution in [2.75, 3.05) is 0 Å². The van der Waals surface area contributed by atoms with Gasteiger partial charge in [-0.1, -0.05) is 37.3 Å². The minimum absolute atomic E-state index is 0.0905. The Hall–Kier alpha value is -1.61. The van der Waals surface area contributed by atoms with Crippen molar-refractivity contribution in [2.45, 2.75) is 44.2 Å². The zero-order valence-electron chi connectivity index (χ0n) is 11.3. The van der Waals surface area contributed by atoms with Gasteiger partial charge in [-0.2, -0.15) is 5.10 Å². The van der Waals surface area contributed by atoms with Gasteiger partial charge in [0.25, 0.3) is 0 Å². The second-order valence-electron chi connectivity index (χ2n) is 5.40. The lowest BCUT2D eigenvalue weighted by Crippen LogP contribution is -2.21. The summed E-state index contributed by atoms with van der Waals surface area (Å²) < 4.78 is 1.94. The Morgan fingerprint density at radius 1 is 1.26 bits per heavy atom. The van der Waals surface area contributed by atoms with Crippen LogP contribution in [0.2, 0.25) is 0 Å². The van der Waals surface area contributed by atoms with Crippen molar-refractivity contribution in [1.82, 2.24) is 9.78 Å². The van der Waals surface area contributed by atoms with Gasteiger partial charge in [0.1, 0.15) is 6.10 Å². The van der Waals surface area contributed by atoms with Crippen molar-refractivity contribution in [3.63, 3.8) is 0 Å². The first kappa shape index (κ1) is 12.4. The molecule has 0 bridgehead atoms. The van der Waals surface area contributed by atoms with Crippen LogP contribution in [0.25, 0.3) is 0 Å². The third-order valence-corrected chi connectivity index (χ3v) is 4.13. The Morgan fingerprint density at radius 3 is 2.63 bits per heavy atom. The van der Waals surface area contributed by atoms with Crippen LogP contribution in [0.15, 0.2) is 42.6 Å². The highest BCUT2D eigenvalue weighted by molar-refractivity contribution is 5.35. The van der Waals surface area contributed by atoms with Crippen LogP contribution in [0.3, 0.4) is 0 Å². The molecule has 0 saturated heterocycles. The summed E-state index contributed by atoms with van der Waals surface area (Å²) in [6.45, 7) is 2.99. The van der Waals surface area contributed by atoms with Gasteiger partial charge in [0.05, 0.1) is 5.69 Å². The normalized spacial score (nSPS) is 18.2.